The molecule has 0 aromatic heterocycles. The number of primary amides is 1. The Balaban J connectivity index is 1.38. The van der Waals surface area contributed by atoms with Crippen LogP contribution in [0.2, 0.25) is 0 Å². The van der Waals surface area contributed by atoms with E-state index in [0.717, 1.165) is 24.1 Å². The van der Waals surface area contributed by atoms with E-state index in [1.54, 1.807) is 20.2 Å². The largest absolute Gasteiger partial charge is 0.507 e. The van der Waals surface area contributed by atoms with Gasteiger partial charge in [-0.25, -0.2) is 0 Å². The summed E-state index contributed by atoms with van der Waals surface area (Å²) in [6, 6.07) is 0.768. The Hall–Kier alpha value is -3.15. The molecule has 9 atom stereocenters. The number of hydrogen-bond donors (Lipinski definition) is 4. The summed E-state index contributed by atoms with van der Waals surface area (Å²) in [6.45, 7) is 7.57. The van der Waals surface area contributed by atoms with Crippen LogP contribution in [0, 0.1) is 40.4 Å². The van der Waals surface area contributed by atoms with Gasteiger partial charge in [0.2, 0.25) is 5.91 Å². The Morgan fingerprint density at radius 3 is 2.27 bits per heavy atom. The highest BCUT2D eigenvalue weighted by molar-refractivity contribution is 6.32. The summed E-state index contributed by atoms with van der Waals surface area (Å²) in [5.74, 6) is -9.71. The van der Waals surface area contributed by atoms with Gasteiger partial charge in [-0.1, -0.05) is 20.8 Å². The summed E-state index contributed by atoms with van der Waals surface area (Å²) in [5, 5.41) is 26.9. The summed E-state index contributed by atoms with van der Waals surface area (Å²) < 4.78 is 0. The van der Waals surface area contributed by atoms with Crippen molar-refractivity contribution in [2.24, 2.45) is 46.2 Å². The zero-order valence-electron chi connectivity index (χ0n) is 27.3. The number of rotatable bonds is 6. The summed E-state index contributed by atoms with van der Waals surface area (Å²) >= 11 is 0. The highest BCUT2D eigenvalue weighted by atomic mass is 16.3. The number of carbonyl (C=O) groups is 5. The van der Waals surface area contributed by atoms with Gasteiger partial charge in [-0.05, 0) is 86.1 Å². The zero-order chi connectivity index (χ0) is 33.1. The summed E-state index contributed by atoms with van der Waals surface area (Å²) in [6.07, 6.45) is 3.75. The minimum atomic E-state index is -2.73. The fraction of sp³-hybridized carbons (Fsp3) is 0.676. The molecule has 0 saturated heterocycles. The summed E-state index contributed by atoms with van der Waals surface area (Å²) in [4.78, 5) is 70.7. The number of phenolic OH excluding ortho intramolecular Hbond substituents is 1. The SMILES string of the molecule is CN(C)c1c(CN[C@H]2CC3CCC2(C)C3(C)C)cc(O)c2c1C[C@H]1C[C@H]3[C@H](N(C)C)C(=O)C(C(N)=O)C(=O)[C@@]3(O)C(=O)C1C2=O. The van der Waals surface area contributed by atoms with Crippen LogP contribution in [0.5, 0.6) is 5.75 Å². The van der Waals surface area contributed by atoms with Crippen molar-refractivity contribution in [3.05, 3.63) is 22.8 Å². The second-order valence-corrected chi connectivity index (χ2v) is 15.5. The van der Waals surface area contributed by atoms with Crippen molar-refractivity contribution in [2.75, 3.05) is 33.1 Å². The van der Waals surface area contributed by atoms with Crippen molar-refractivity contribution in [1.29, 1.82) is 0 Å². The minimum Gasteiger partial charge on any atom is -0.507 e. The normalized spacial score (nSPS) is 38.3. The minimum absolute atomic E-state index is 0.0158. The Labute approximate surface area is 263 Å². The van der Waals surface area contributed by atoms with Crippen LogP contribution in [0.25, 0.3) is 0 Å². The van der Waals surface area contributed by atoms with Crippen molar-refractivity contribution in [2.45, 2.75) is 77.1 Å². The van der Waals surface area contributed by atoms with Crippen molar-refractivity contribution in [3.8, 4) is 5.75 Å². The number of Topliss-reactive ketones (excluding diaryl/α,β-unsaturated/α-hetero) is 4. The van der Waals surface area contributed by atoms with Gasteiger partial charge in [0.15, 0.2) is 34.7 Å². The number of likely N-dealkylation sites (N-methyl/N-ethyl adjacent to an activating group) is 1. The predicted molar refractivity (Wildman–Crippen MR) is 166 cm³/mol. The van der Waals surface area contributed by atoms with E-state index in [2.05, 4.69) is 26.1 Å². The van der Waals surface area contributed by atoms with Gasteiger partial charge in [0, 0.05) is 38.3 Å². The lowest BCUT2D eigenvalue weighted by atomic mass is 9.52. The topological polar surface area (TPSA) is 170 Å². The van der Waals surface area contributed by atoms with Crippen molar-refractivity contribution < 1.29 is 34.2 Å². The van der Waals surface area contributed by atoms with E-state index in [1.807, 2.05) is 19.0 Å². The maximum Gasteiger partial charge on any atom is 0.235 e. The Morgan fingerprint density at radius 1 is 1.07 bits per heavy atom. The van der Waals surface area contributed by atoms with Crippen molar-refractivity contribution in [1.82, 2.24) is 10.2 Å². The average Bonchev–Trinajstić information content (AvgIpc) is 3.26. The molecule has 2 bridgehead atoms. The van der Waals surface area contributed by atoms with Crippen LogP contribution in [0.4, 0.5) is 5.69 Å². The molecule has 0 spiro atoms. The third-order valence-corrected chi connectivity index (χ3v) is 12.9. The second-order valence-electron chi connectivity index (χ2n) is 15.5. The number of carbonyl (C=O) groups excluding carboxylic acids is 5. The third kappa shape index (κ3) is 4.09. The number of anilines is 1. The van der Waals surface area contributed by atoms with Crippen LogP contribution in [-0.4, -0.2) is 90.0 Å². The van der Waals surface area contributed by atoms with Gasteiger partial charge >= 0.3 is 0 Å². The quantitative estimate of drug-likeness (QED) is 0.339. The molecule has 4 saturated carbocycles. The zero-order valence-corrected chi connectivity index (χ0v) is 27.3. The number of phenols is 1. The fourth-order valence-electron chi connectivity index (χ4n) is 10.2. The van der Waals surface area contributed by atoms with E-state index < -0.39 is 64.4 Å². The molecular formula is C34H46N4O7. The lowest BCUT2D eigenvalue weighted by Crippen LogP contribution is -2.74. The third-order valence-electron chi connectivity index (χ3n) is 12.9. The number of aromatic hydroxyl groups is 1. The Kier molecular flexibility index (Phi) is 7.19. The van der Waals surface area contributed by atoms with Gasteiger partial charge < -0.3 is 26.2 Å². The number of fused-ring (bicyclic) bond motifs is 5. The molecule has 1 amide bonds. The highest BCUT2D eigenvalue weighted by Gasteiger charge is 2.69. The molecule has 0 radical (unpaired) electrons. The van der Waals surface area contributed by atoms with E-state index in [4.69, 9.17) is 5.73 Å². The van der Waals surface area contributed by atoms with Crippen LogP contribution in [0.3, 0.4) is 0 Å². The van der Waals surface area contributed by atoms with Crippen LogP contribution in [-0.2, 0) is 32.1 Å². The molecule has 4 fully saturated rings. The first-order chi connectivity index (χ1) is 20.9. The lowest BCUT2D eigenvalue weighted by Gasteiger charge is -2.52. The van der Waals surface area contributed by atoms with Gasteiger partial charge in [-0.3, -0.25) is 28.9 Å². The van der Waals surface area contributed by atoms with E-state index in [-0.39, 0.29) is 35.0 Å². The van der Waals surface area contributed by atoms with Crippen LogP contribution in [0.1, 0.15) is 67.9 Å². The molecule has 11 nitrogen and oxygen atoms in total. The molecule has 0 aliphatic heterocycles. The smallest absolute Gasteiger partial charge is 0.235 e. The first kappa shape index (κ1) is 31.8. The number of hydrogen-bond acceptors (Lipinski definition) is 10. The summed E-state index contributed by atoms with van der Waals surface area (Å²) in [7, 11) is 6.91. The number of ketones is 4. The van der Waals surface area contributed by atoms with Crippen molar-refractivity contribution >= 4 is 34.7 Å². The van der Waals surface area contributed by atoms with Crippen LogP contribution >= 0.6 is 0 Å². The number of nitrogens with two attached hydrogens (primary N) is 1. The molecule has 5 aliphatic carbocycles. The van der Waals surface area contributed by atoms with Gasteiger partial charge in [-0.15, -0.1) is 0 Å². The van der Waals surface area contributed by atoms with E-state index in [9.17, 15) is 34.2 Å². The van der Waals surface area contributed by atoms with E-state index in [1.165, 1.54) is 11.3 Å². The number of nitrogens with zero attached hydrogens (tertiary/aromatic N) is 2. The lowest BCUT2D eigenvalue weighted by molar-refractivity contribution is -0.181. The van der Waals surface area contributed by atoms with E-state index >= 15 is 0 Å². The average molecular weight is 623 g/mol. The molecular weight excluding hydrogens is 576 g/mol. The molecule has 6 rings (SSSR count). The van der Waals surface area contributed by atoms with Crippen molar-refractivity contribution in [3.63, 3.8) is 0 Å². The molecule has 1 aromatic rings. The summed E-state index contributed by atoms with van der Waals surface area (Å²) in [5.41, 5.74) is 5.32. The molecule has 244 valence electrons. The predicted octanol–water partition coefficient (Wildman–Crippen LogP) is 1.24. The number of amides is 1. The van der Waals surface area contributed by atoms with Crippen LogP contribution in [0.15, 0.2) is 6.07 Å². The van der Waals surface area contributed by atoms with Gasteiger partial charge in [0.1, 0.15) is 5.75 Å². The molecule has 5 N–H and O–H groups in total. The van der Waals surface area contributed by atoms with Gasteiger partial charge in [0.25, 0.3) is 0 Å². The number of benzene rings is 1. The monoisotopic (exact) mass is 622 g/mol. The molecule has 4 unspecified atom stereocenters. The highest BCUT2D eigenvalue weighted by Crippen LogP contribution is 2.65. The van der Waals surface area contributed by atoms with Crippen LogP contribution < -0.4 is 16.0 Å². The Morgan fingerprint density at radius 2 is 1.73 bits per heavy atom. The number of aliphatic hydroxyl groups is 1. The number of nitrogens with one attached hydrogen (secondary N) is 1. The first-order valence-electron chi connectivity index (χ1n) is 16.0. The standard InChI is InChI=1S/C34H46N4O7/c1-32(2)17-8-9-33(32,3)21(13-17)36-14-16-12-20(39)23-18(25(16)37(4)5)10-15-11-19-26(38(6)7)28(41)24(31(35)44)30(43)34(19,45)29(42)22(15)27(23)40/h12,15,17,19,21-22,24,26,36,39,45H,8-11,13-14H2,1-7H3,(H2,35,44)/t15-,17?,19-,21-,22?,24?,26-,33?,34-/m0/s1. The van der Waals surface area contributed by atoms with Gasteiger partial charge in [-0.2, -0.15) is 0 Å². The maximum absolute atomic E-state index is 14.1. The molecule has 45 heavy (non-hydrogen) atoms. The molecule has 11 heteroatoms. The Bertz CT molecular complexity index is 1530. The van der Waals surface area contributed by atoms with E-state index in [0.29, 0.717) is 24.1 Å². The molecule has 0 heterocycles. The maximum atomic E-state index is 14.1. The molecule has 1 aromatic carbocycles. The fourth-order valence-corrected chi connectivity index (χ4v) is 10.2. The second kappa shape index (κ2) is 10.2. The molecule has 5 aliphatic rings. The first-order valence-corrected chi connectivity index (χ1v) is 16.0. The van der Waals surface area contributed by atoms with Gasteiger partial charge in [0.05, 0.1) is 17.5 Å².